The van der Waals surface area contributed by atoms with Gasteiger partial charge in [0.2, 0.25) is 0 Å². The predicted molar refractivity (Wildman–Crippen MR) is 108 cm³/mol. The third kappa shape index (κ3) is 3.39. The molecule has 2 aliphatic rings. The SMILES string of the molecule is CCc1n[nH]c(CN2C[C@@H]3CN(C(=O)N(C)C)[C@@H](c4ccccc4C)[C@@H]3C2)n1. The van der Waals surface area contributed by atoms with Crippen molar-refractivity contribution in [3.8, 4) is 0 Å². The van der Waals surface area contributed by atoms with Gasteiger partial charge in [-0.1, -0.05) is 31.2 Å². The number of urea groups is 1. The lowest BCUT2D eigenvalue weighted by Gasteiger charge is -2.32. The number of nitrogens with zero attached hydrogens (tertiary/aromatic N) is 5. The molecule has 2 aromatic rings. The number of aryl methyl sites for hydroxylation is 2. The summed E-state index contributed by atoms with van der Waals surface area (Å²) in [6, 6.07) is 8.73. The summed E-state index contributed by atoms with van der Waals surface area (Å²) in [4.78, 5) is 23.7. The highest BCUT2D eigenvalue weighted by Crippen LogP contribution is 2.46. The van der Waals surface area contributed by atoms with Crippen LogP contribution in [-0.4, -0.2) is 69.6 Å². The van der Waals surface area contributed by atoms with Crippen LogP contribution in [0.2, 0.25) is 0 Å². The molecular weight excluding hydrogens is 352 g/mol. The Kier molecular flexibility index (Phi) is 5.10. The Morgan fingerprint density at radius 3 is 2.71 bits per heavy atom. The summed E-state index contributed by atoms with van der Waals surface area (Å²) in [5, 5.41) is 7.33. The molecule has 0 saturated carbocycles. The van der Waals surface area contributed by atoms with Gasteiger partial charge >= 0.3 is 6.03 Å². The zero-order valence-electron chi connectivity index (χ0n) is 17.2. The number of hydrogen-bond acceptors (Lipinski definition) is 4. The summed E-state index contributed by atoms with van der Waals surface area (Å²) in [6.45, 7) is 7.79. The highest BCUT2D eigenvalue weighted by Gasteiger charge is 2.49. The molecule has 0 unspecified atom stereocenters. The van der Waals surface area contributed by atoms with Gasteiger partial charge in [-0.2, -0.15) is 5.10 Å². The van der Waals surface area contributed by atoms with Gasteiger partial charge in [-0.05, 0) is 24.0 Å². The van der Waals surface area contributed by atoms with Gasteiger partial charge in [0, 0.05) is 46.1 Å². The molecule has 1 N–H and O–H groups in total. The van der Waals surface area contributed by atoms with Gasteiger partial charge in [0.1, 0.15) is 11.6 Å². The van der Waals surface area contributed by atoms with E-state index in [0.29, 0.717) is 11.8 Å². The summed E-state index contributed by atoms with van der Waals surface area (Å²) in [7, 11) is 3.68. The Labute approximate surface area is 166 Å². The Morgan fingerprint density at radius 2 is 2.04 bits per heavy atom. The molecule has 4 rings (SSSR count). The molecule has 2 amide bonds. The number of nitrogens with one attached hydrogen (secondary N) is 1. The van der Waals surface area contributed by atoms with Gasteiger partial charge in [0.15, 0.2) is 0 Å². The zero-order valence-corrected chi connectivity index (χ0v) is 17.2. The summed E-state index contributed by atoms with van der Waals surface area (Å²) < 4.78 is 0. The molecule has 3 atom stereocenters. The predicted octanol–water partition coefficient (Wildman–Crippen LogP) is 2.46. The molecule has 0 radical (unpaired) electrons. The summed E-state index contributed by atoms with van der Waals surface area (Å²) >= 11 is 0. The monoisotopic (exact) mass is 382 g/mol. The number of fused-ring (bicyclic) bond motifs is 1. The average Bonchev–Trinajstić information content (AvgIpc) is 3.36. The van der Waals surface area contributed by atoms with Crippen molar-refractivity contribution >= 4 is 6.03 Å². The van der Waals surface area contributed by atoms with Gasteiger partial charge in [0.05, 0.1) is 12.6 Å². The molecule has 1 aromatic carbocycles. The number of hydrogen-bond donors (Lipinski definition) is 1. The molecule has 0 spiro atoms. The van der Waals surface area contributed by atoms with Crippen LogP contribution in [0.4, 0.5) is 4.79 Å². The van der Waals surface area contributed by atoms with Gasteiger partial charge < -0.3 is 9.80 Å². The van der Waals surface area contributed by atoms with Crippen LogP contribution in [0.15, 0.2) is 24.3 Å². The van der Waals surface area contributed by atoms with Gasteiger partial charge in [0.25, 0.3) is 0 Å². The molecule has 28 heavy (non-hydrogen) atoms. The van der Waals surface area contributed by atoms with Crippen LogP contribution in [0.3, 0.4) is 0 Å². The number of rotatable bonds is 4. The van der Waals surface area contributed by atoms with Crippen LogP contribution in [-0.2, 0) is 13.0 Å². The van der Waals surface area contributed by atoms with Gasteiger partial charge in [-0.15, -0.1) is 0 Å². The van der Waals surface area contributed by atoms with Crippen molar-refractivity contribution in [3.63, 3.8) is 0 Å². The lowest BCUT2D eigenvalue weighted by molar-refractivity contribution is 0.151. The van der Waals surface area contributed by atoms with E-state index in [2.05, 4.69) is 63.1 Å². The maximum Gasteiger partial charge on any atom is 0.320 e. The normalized spacial score (nSPS) is 24.6. The van der Waals surface area contributed by atoms with Crippen molar-refractivity contribution in [2.24, 2.45) is 11.8 Å². The highest BCUT2D eigenvalue weighted by atomic mass is 16.2. The molecule has 2 saturated heterocycles. The standard InChI is InChI=1S/C21H30N6O/c1-5-18-22-19(24-23-18)13-26-10-15-11-27(21(28)25(3)4)20(17(15)12-26)16-9-7-6-8-14(16)2/h6-9,15,17,20H,5,10-13H2,1-4H3,(H,22,23,24)/t15-,17-,20+/m1/s1. The second-order valence-corrected chi connectivity index (χ2v) is 8.30. The molecule has 3 heterocycles. The van der Waals surface area contributed by atoms with E-state index >= 15 is 0 Å². The third-order valence-electron chi connectivity index (χ3n) is 6.14. The van der Waals surface area contributed by atoms with Crippen LogP contribution < -0.4 is 0 Å². The number of aromatic amines is 1. The van der Waals surface area contributed by atoms with Crippen molar-refractivity contribution in [3.05, 3.63) is 47.0 Å². The van der Waals surface area contributed by atoms with E-state index in [-0.39, 0.29) is 12.1 Å². The molecule has 150 valence electrons. The first-order valence-electron chi connectivity index (χ1n) is 10.1. The van der Waals surface area contributed by atoms with Crippen LogP contribution >= 0.6 is 0 Å². The van der Waals surface area contributed by atoms with E-state index in [9.17, 15) is 4.79 Å². The number of carbonyl (C=O) groups excluding carboxylic acids is 1. The van der Waals surface area contributed by atoms with Crippen LogP contribution in [0.1, 0.15) is 35.7 Å². The number of benzene rings is 1. The first-order chi connectivity index (χ1) is 13.5. The summed E-state index contributed by atoms with van der Waals surface area (Å²) in [6.07, 6.45) is 0.846. The Balaban J connectivity index is 1.56. The van der Waals surface area contributed by atoms with Gasteiger partial charge in [-0.3, -0.25) is 10.00 Å². The molecule has 2 fully saturated rings. The average molecular weight is 383 g/mol. The molecular formula is C21H30N6O. The Hall–Kier alpha value is -2.41. The fourth-order valence-electron chi connectivity index (χ4n) is 4.81. The summed E-state index contributed by atoms with van der Waals surface area (Å²) in [5.74, 6) is 2.74. The van der Waals surface area contributed by atoms with Crippen molar-refractivity contribution in [1.29, 1.82) is 0 Å². The van der Waals surface area contributed by atoms with E-state index in [1.807, 2.05) is 14.1 Å². The Morgan fingerprint density at radius 1 is 1.25 bits per heavy atom. The highest BCUT2D eigenvalue weighted by molar-refractivity contribution is 5.75. The Bertz CT molecular complexity index is 847. The first-order valence-corrected chi connectivity index (χ1v) is 10.1. The molecule has 1 aromatic heterocycles. The minimum Gasteiger partial charge on any atom is -0.331 e. The van der Waals surface area contributed by atoms with Crippen LogP contribution in [0.25, 0.3) is 0 Å². The van der Waals surface area contributed by atoms with E-state index in [1.165, 1.54) is 11.1 Å². The molecule has 0 bridgehead atoms. The van der Waals surface area contributed by atoms with Gasteiger partial charge in [-0.25, -0.2) is 9.78 Å². The first kappa shape index (κ1) is 18.9. The maximum atomic E-state index is 12.9. The fourth-order valence-corrected chi connectivity index (χ4v) is 4.81. The lowest BCUT2D eigenvalue weighted by Crippen LogP contribution is -2.41. The number of H-pyrrole nitrogens is 1. The number of carbonyl (C=O) groups is 1. The third-order valence-corrected chi connectivity index (χ3v) is 6.14. The van der Waals surface area contributed by atoms with Crippen LogP contribution in [0, 0.1) is 18.8 Å². The quantitative estimate of drug-likeness (QED) is 0.882. The lowest BCUT2D eigenvalue weighted by atomic mass is 9.88. The maximum absolute atomic E-state index is 12.9. The van der Waals surface area contributed by atoms with Crippen molar-refractivity contribution in [1.82, 2.24) is 29.9 Å². The molecule has 7 heteroatoms. The second kappa shape index (κ2) is 7.54. The topological polar surface area (TPSA) is 68.4 Å². The minimum absolute atomic E-state index is 0.108. The molecule has 2 aliphatic heterocycles. The van der Waals surface area contributed by atoms with E-state index in [0.717, 1.165) is 44.2 Å². The summed E-state index contributed by atoms with van der Waals surface area (Å²) in [5.41, 5.74) is 2.53. The van der Waals surface area contributed by atoms with Crippen molar-refractivity contribution < 1.29 is 4.79 Å². The largest absolute Gasteiger partial charge is 0.331 e. The molecule has 7 nitrogen and oxygen atoms in total. The number of amides is 2. The molecule has 0 aliphatic carbocycles. The van der Waals surface area contributed by atoms with Crippen LogP contribution in [0.5, 0.6) is 0 Å². The smallest absolute Gasteiger partial charge is 0.320 e. The van der Waals surface area contributed by atoms with Crippen molar-refractivity contribution in [2.45, 2.75) is 32.9 Å². The minimum atomic E-state index is 0.108. The number of aromatic nitrogens is 3. The fraction of sp³-hybridized carbons (Fsp3) is 0.571. The number of likely N-dealkylation sites (tertiary alicyclic amines) is 2. The van der Waals surface area contributed by atoms with E-state index in [1.54, 1.807) is 4.90 Å². The zero-order chi connectivity index (χ0) is 19.8. The van der Waals surface area contributed by atoms with E-state index < -0.39 is 0 Å². The van der Waals surface area contributed by atoms with Crippen molar-refractivity contribution in [2.75, 3.05) is 33.7 Å². The second-order valence-electron chi connectivity index (χ2n) is 8.30. The van der Waals surface area contributed by atoms with E-state index in [4.69, 9.17) is 0 Å².